The summed E-state index contributed by atoms with van der Waals surface area (Å²) < 4.78 is 0. The van der Waals surface area contributed by atoms with Crippen LogP contribution in [0, 0.1) is 5.92 Å². The Balaban J connectivity index is 1.75. The number of benzene rings is 1. The van der Waals surface area contributed by atoms with Crippen LogP contribution in [0.1, 0.15) is 58.4 Å². The highest BCUT2D eigenvalue weighted by atomic mass is 16.2. The van der Waals surface area contributed by atoms with Crippen molar-refractivity contribution < 1.29 is 14.4 Å². The number of amides is 4. The van der Waals surface area contributed by atoms with Gasteiger partial charge in [0, 0.05) is 12.6 Å². The van der Waals surface area contributed by atoms with Gasteiger partial charge < -0.3 is 10.2 Å². The first-order chi connectivity index (χ1) is 13.4. The summed E-state index contributed by atoms with van der Waals surface area (Å²) in [6.07, 6.45) is 4.37. The smallest absolute Gasteiger partial charge is 0.325 e. The van der Waals surface area contributed by atoms with Gasteiger partial charge >= 0.3 is 6.03 Å². The zero-order valence-electron chi connectivity index (χ0n) is 17.1. The molecular weight excluding hydrogens is 354 g/mol. The Bertz CT molecular complexity index is 736. The molecule has 0 bridgehead atoms. The van der Waals surface area contributed by atoms with Crippen LogP contribution in [-0.4, -0.2) is 45.8 Å². The third-order valence-electron chi connectivity index (χ3n) is 6.43. The molecule has 3 rings (SSSR count). The van der Waals surface area contributed by atoms with Crippen molar-refractivity contribution in [3.05, 3.63) is 35.9 Å². The molecule has 0 aromatic heterocycles. The molecule has 1 aliphatic carbocycles. The Morgan fingerprint density at radius 2 is 2.00 bits per heavy atom. The van der Waals surface area contributed by atoms with E-state index >= 15 is 0 Å². The van der Waals surface area contributed by atoms with Crippen LogP contribution in [0.25, 0.3) is 0 Å². The topological polar surface area (TPSA) is 69.7 Å². The normalized spacial score (nSPS) is 25.7. The van der Waals surface area contributed by atoms with E-state index in [9.17, 15) is 14.4 Å². The third kappa shape index (κ3) is 3.77. The molecule has 28 heavy (non-hydrogen) atoms. The molecule has 4 amide bonds. The molecule has 0 radical (unpaired) electrons. The van der Waals surface area contributed by atoms with E-state index in [0.717, 1.165) is 36.1 Å². The number of imide groups is 1. The van der Waals surface area contributed by atoms with E-state index in [1.807, 2.05) is 51.1 Å². The fraction of sp³-hybridized carbons (Fsp3) is 0.591. The first-order valence-corrected chi connectivity index (χ1v) is 10.4. The Kier molecular flexibility index (Phi) is 6.06. The van der Waals surface area contributed by atoms with E-state index in [1.165, 1.54) is 0 Å². The van der Waals surface area contributed by atoms with Gasteiger partial charge in [-0.05, 0) is 37.7 Å². The molecule has 1 spiro atoms. The van der Waals surface area contributed by atoms with Gasteiger partial charge in [0.05, 0.1) is 0 Å². The van der Waals surface area contributed by atoms with Crippen LogP contribution >= 0.6 is 0 Å². The van der Waals surface area contributed by atoms with Gasteiger partial charge in [0.25, 0.3) is 5.91 Å². The van der Waals surface area contributed by atoms with E-state index in [0.29, 0.717) is 13.0 Å². The van der Waals surface area contributed by atoms with Crippen LogP contribution < -0.4 is 5.32 Å². The monoisotopic (exact) mass is 385 g/mol. The van der Waals surface area contributed by atoms with Crippen molar-refractivity contribution >= 4 is 17.8 Å². The molecule has 1 saturated carbocycles. The van der Waals surface area contributed by atoms with Gasteiger partial charge in [0.1, 0.15) is 12.1 Å². The molecule has 1 aromatic rings. The lowest BCUT2D eigenvalue weighted by Crippen LogP contribution is -2.54. The zero-order chi connectivity index (χ0) is 20.3. The van der Waals surface area contributed by atoms with Crippen LogP contribution in [0.4, 0.5) is 4.79 Å². The zero-order valence-corrected chi connectivity index (χ0v) is 17.1. The second-order valence-corrected chi connectivity index (χ2v) is 8.20. The summed E-state index contributed by atoms with van der Waals surface area (Å²) in [6, 6.07) is 9.38. The van der Waals surface area contributed by atoms with Crippen LogP contribution in [0.2, 0.25) is 0 Å². The number of carbonyl (C=O) groups excluding carboxylic acids is 3. The highest BCUT2D eigenvalue weighted by Crippen LogP contribution is 2.38. The Morgan fingerprint density at radius 3 is 2.64 bits per heavy atom. The lowest BCUT2D eigenvalue weighted by molar-refractivity contribution is -0.142. The molecule has 2 fully saturated rings. The Hall–Kier alpha value is -2.37. The minimum absolute atomic E-state index is 0.0241. The molecule has 6 heteroatoms. The average Bonchev–Trinajstić information content (AvgIpc) is 2.93. The first kappa shape index (κ1) is 20.4. The number of carbonyl (C=O) groups is 3. The maximum atomic E-state index is 13.1. The van der Waals surface area contributed by atoms with Crippen molar-refractivity contribution in [1.29, 1.82) is 0 Å². The van der Waals surface area contributed by atoms with Crippen molar-refractivity contribution in [1.82, 2.24) is 15.1 Å². The Labute approximate surface area is 167 Å². The first-order valence-electron chi connectivity index (χ1n) is 10.4. The van der Waals surface area contributed by atoms with Crippen molar-refractivity contribution in [2.24, 2.45) is 5.92 Å². The molecule has 6 nitrogen and oxygen atoms in total. The molecule has 152 valence electrons. The number of urea groups is 1. The van der Waals surface area contributed by atoms with Gasteiger partial charge in [0.2, 0.25) is 5.91 Å². The average molecular weight is 386 g/mol. The number of nitrogens with zero attached hydrogens (tertiary/aromatic N) is 2. The highest BCUT2D eigenvalue weighted by molar-refractivity contribution is 6.09. The molecule has 1 heterocycles. The SMILES string of the molecule is CCC(C)N(Cc1ccccc1)C(=O)CN1C(=O)NC2(CCCCC2C)C1=O. The van der Waals surface area contributed by atoms with Crippen LogP contribution in [0.3, 0.4) is 0 Å². The second kappa shape index (κ2) is 8.33. The van der Waals surface area contributed by atoms with E-state index < -0.39 is 11.6 Å². The minimum atomic E-state index is -0.823. The van der Waals surface area contributed by atoms with Gasteiger partial charge in [-0.25, -0.2) is 4.79 Å². The van der Waals surface area contributed by atoms with Crippen molar-refractivity contribution in [2.75, 3.05) is 6.54 Å². The number of hydrogen-bond acceptors (Lipinski definition) is 3. The summed E-state index contributed by atoms with van der Waals surface area (Å²) in [6.45, 7) is 6.32. The second-order valence-electron chi connectivity index (χ2n) is 8.20. The van der Waals surface area contributed by atoms with Crippen molar-refractivity contribution in [3.63, 3.8) is 0 Å². The van der Waals surface area contributed by atoms with Crippen LogP contribution in [0.5, 0.6) is 0 Å². The van der Waals surface area contributed by atoms with E-state index in [-0.39, 0.29) is 30.3 Å². The summed E-state index contributed by atoms with van der Waals surface area (Å²) in [5.41, 5.74) is 0.210. The van der Waals surface area contributed by atoms with Gasteiger partial charge in [-0.2, -0.15) is 0 Å². The van der Waals surface area contributed by atoms with Crippen LogP contribution in [-0.2, 0) is 16.1 Å². The summed E-state index contributed by atoms with van der Waals surface area (Å²) in [4.78, 5) is 41.7. The third-order valence-corrected chi connectivity index (χ3v) is 6.43. The van der Waals surface area contributed by atoms with Gasteiger partial charge in [-0.15, -0.1) is 0 Å². The highest BCUT2D eigenvalue weighted by Gasteiger charge is 2.55. The molecular formula is C22H31N3O3. The molecule has 3 atom stereocenters. The fourth-order valence-corrected chi connectivity index (χ4v) is 4.36. The molecule has 3 unspecified atom stereocenters. The van der Waals surface area contributed by atoms with Crippen molar-refractivity contribution in [3.8, 4) is 0 Å². The minimum Gasteiger partial charge on any atom is -0.334 e. The molecule has 1 aliphatic heterocycles. The lowest BCUT2D eigenvalue weighted by atomic mass is 9.73. The molecule has 2 aliphatic rings. The largest absolute Gasteiger partial charge is 0.334 e. The standard InChI is InChI=1S/C22H31N3O3/c1-4-17(3)24(14-18-11-6-5-7-12-18)19(26)15-25-20(27)22(23-21(25)28)13-9-8-10-16(22)2/h5-7,11-12,16-17H,4,8-10,13-15H2,1-3H3,(H,23,28). The van der Waals surface area contributed by atoms with Gasteiger partial charge in [0.15, 0.2) is 0 Å². The van der Waals surface area contributed by atoms with Crippen molar-refractivity contribution in [2.45, 2.75) is 71.0 Å². The summed E-state index contributed by atoms with van der Waals surface area (Å²) in [5, 5.41) is 2.92. The molecule has 1 aromatic carbocycles. The van der Waals surface area contributed by atoms with Crippen LogP contribution in [0.15, 0.2) is 30.3 Å². The predicted octanol–water partition coefficient (Wildman–Crippen LogP) is 3.31. The number of nitrogens with one attached hydrogen (secondary N) is 1. The summed E-state index contributed by atoms with van der Waals surface area (Å²) >= 11 is 0. The number of rotatable bonds is 6. The quantitative estimate of drug-likeness (QED) is 0.764. The lowest BCUT2D eigenvalue weighted by Gasteiger charge is -2.37. The molecule has 1 saturated heterocycles. The summed E-state index contributed by atoms with van der Waals surface area (Å²) in [5.74, 6) is -0.336. The van der Waals surface area contributed by atoms with E-state index in [1.54, 1.807) is 4.90 Å². The Morgan fingerprint density at radius 1 is 1.29 bits per heavy atom. The predicted molar refractivity (Wildman–Crippen MR) is 107 cm³/mol. The maximum Gasteiger partial charge on any atom is 0.325 e. The van der Waals surface area contributed by atoms with E-state index in [2.05, 4.69) is 5.32 Å². The fourth-order valence-electron chi connectivity index (χ4n) is 4.36. The maximum absolute atomic E-state index is 13.1. The number of hydrogen-bond donors (Lipinski definition) is 1. The van der Waals surface area contributed by atoms with Gasteiger partial charge in [-0.1, -0.05) is 57.0 Å². The summed E-state index contributed by atoms with van der Waals surface area (Å²) in [7, 11) is 0. The van der Waals surface area contributed by atoms with Gasteiger partial charge in [-0.3, -0.25) is 14.5 Å². The van der Waals surface area contributed by atoms with E-state index in [4.69, 9.17) is 0 Å². The molecule has 1 N–H and O–H groups in total.